The first-order chi connectivity index (χ1) is 28.8. The number of hydrogen-bond acceptors (Lipinski definition) is 11. The van der Waals surface area contributed by atoms with E-state index in [4.69, 9.17) is 34.4 Å². The molecule has 18 N–H and O–H groups in total. The fraction of sp³-hybridized carbons (Fsp3) is 0.585. The van der Waals surface area contributed by atoms with Crippen molar-refractivity contribution in [3.05, 3.63) is 38.0 Å². The average Bonchev–Trinajstić information content (AvgIpc) is 3.20. The molecule has 0 aliphatic heterocycles. The van der Waals surface area contributed by atoms with Gasteiger partial charge < -0.3 is 61.4 Å². The van der Waals surface area contributed by atoms with E-state index in [-0.39, 0.29) is 83.9 Å². The summed E-state index contributed by atoms with van der Waals surface area (Å²) in [5.74, 6) is -11.0. The maximum Gasteiger partial charge on any atom is 0.244 e. The Hall–Kier alpha value is -6.61. The van der Waals surface area contributed by atoms with Gasteiger partial charge >= 0.3 is 0 Å². The smallest absolute Gasteiger partial charge is 0.244 e. The van der Waals surface area contributed by atoms with Crippen LogP contribution in [0.1, 0.15) is 92.9 Å². The van der Waals surface area contributed by atoms with E-state index in [2.05, 4.69) is 46.7 Å². The van der Waals surface area contributed by atoms with Gasteiger partial charge in [-0.3, -0.25) is 52.7 Å². The molecule has 0 aromatic rings. The Kier molecular flexibility index (Phi) is 35.1. The van der Waals surface area contributed by atoms with Crippen LogP contribution >= 0.6 is 0 Å². The first-order valence-electron chi connectivity index (χ1n) is 19.8. The second-order valence-corrected chi connectivity index (χ2v) is 14.6. The highest BCUT2D eigenvalue weighted by molar-refractivity contribution is 5.89. The van der Waals surface area contributed by atoms with Gasteiger partial charge in [0.1, 0.15) is 0 Å². The van der Waals surface area contributed by atoms with Crippen molar-refractivity contribution in [2.75, 3.05) is 13.3 Å². The van der Waals surface area contributed by atoms with Gasteiger partial charge in [0, 0.05) is 48.3 Å². The minimum absolute atomic E-state index is 0. The number of nitrogens with one attached hydrogen (secondary N) is 4. The zero-order chi connectivity index (χ0) is 48.7. The van der Waals surface area contributed by atoms with Crippen molar-refractivity contribution in [2.24, 2.45) is 87.5 Å². The Bertz CT molecular complexity index is 1570. The molecule has 0 aliphatic carbocycles. The van der Waals surface area contributed by atoms with Crippen LogP contribution in [-0.4, -0.2) is 78.3 Å². The van der Waals surface area contributed by atoms with E-state index in [1.165, 1.54) is 0 Å². The first-order valence-corrected chi connectivity index (χ1v) is 19.8. The quantitative estimate of drug-likeness (QED) is 0.0290. The molecule has 0 bridgehead atoms. The summed E-state index contributed by atoms with van der Waals surface area (Å²) in [6.45, 7) is 15.9. The standard InChI is InChI=1S/C30H54N8O8.C7H10N2O2.C3H5NO.CH4/c1-5-18(28(34)44)13-20(22(30(36)46)12-17(4)27(33)43)7-9-24(40)38-14-37-23(39)8-6-19(10-15(2)25(31)41)21(29(35)45)11-16(3)26(32)42;1-3-6(10)8-5-9-7(11)4-2;1-2-3(4)5;/h15-22H,5-14H2,1-4H3,(H2,31,41)(H2,32,42)(H2,33,43)(H2,34,44)(H2,35,45)(H2,36,46)(H,37,39)(H,38,40);3-4H,1-2,5H2,(H,8,10)(H,9,11);2H,1H2,(H2,4,5);1H4. The molecule has 8 unspecified atom stereocenters. The minimum Gasteiger partial charge on any atom is -0.369 e. The molecule has 0 saturated heterocycles. The second kappa shape index (κ2) is 35.0. The van der Waals surface area contributed by atoms with E-state index in [0.29, 0.717) is 6.42 Å². The van der Waals surface area contributed by atoms with Crippen molar-refractivity contribution in [2.45, 2.75) is 92.9 Å². The van der Waals surface area contributed by atoms with Crippen molar-refractivity contribution in [3.63, 3.8) is 0 Å². The maximum atomic E-state index is 12.6. The molecule has 63 heavy (non-hydrogen) atoms. The minimum atomic E-state index is -0.832. The van der Waals surface area contributed by atoms with Crippen LogP contribution in [0.4, 0.5) is 0 Å². The van der Waals surface area contributed by atoms with Gasteiger partial charge in [-0.15, -0.1) is 0 Å². The van der Waals surface area contributed by atoms with Gasteiger partial charge in [0.15, 0.2) is 0 Å². The predicted molar refractivity (Wildman–Crippen MR) is 236 cm³/mol. The lowest BCUT2D eigenvalue weighted by molar-refractivity contribution is -0.129. The highest BCUT2D eigenvalue weighted by Crippen LogP contribution is 2.32. The lowest BCUT2D eigenvalue weighted by Gasteiger charge is -2.28. The molecule has 0 aliphatic rings. The fourth-order valence-electron chi connectivity index (χ4n) is 5.88. The normalized spacial score (nSPS) is 13.8. The van der Waals surface area contributed by atoms with Gasteiger partial charge in [-0.1, -0.05) is 54.9 Å². The Morgan fingerprint density at radius 2 is 0.794 bits per heavy atom. The second-order valence-electron chi connectivity index (χ2n) is 14.6. The molecule has 358 valence electrons. The molecule has 22 heteroatoms. The van der Waals surface area contributed by atoms with E-state index in [1.54, 1.807) is 27.7 Å². The summed E-state index contributed by atoms with van der Waals surface area (Å²) in [5.41, 5.74) is 37.4. The number of amides is 11. The number of carbonyl (C=O) groups excluding carboxylic acids is 11. The number of hydrogen-bond donors (Lipinski definition) is 11. The molecule has 0 fully saturated rings. The summed E-state index contributed by atoms with van der Waals surface area (Å²) in [6, 6.07) is 0. The third-order valence-electron chi connectivity index (χ3n) is 9.83. The molecule has 0 radical (unpaired) electrons. The molecular formula is C41H73N11O11. The van der Waals surface area contributed by atoms with Crippen LogP contribution < -0.4 is 61.4 Å². The third-order valence-corrected chi connectivity index (χ3v) is 9.83. The van der Waals surface area contributed by atoms with Crippen LogP contribution in [0, 0.1) is 47.3 Å². The molecule has 0 rings (SSSR count). The molecule has 0 saturated carbocycles. The van der Waals surface area contributed by atoms with Crippen molar-refractivity contribution < 1.29 is 52.7 Å². The molecule has 8 atom stereocenters. The Labute approximate surface area is 370 Å². The van der Waals surface area contributed by atoms with E-state index >= 15 is 0 Å². The van der Waals surface area contributed by atoms with E-state index in [1.807, 2.05) is 0 Å². The molecule has 11 amide bonds. The van der Waals surface area contributed by atoms with Gasteiger partial charge in [0.25, 0.3) is 0 Å². The summed E-state index contributed by atoms with van der Waals surface area (Å²) in [7, 11) is 0. The predicted octanol–water partition coefficient (Wildman–Crippen LogP) is -1.55. The van der Waals surface area contributed by atoms with E-state index in [0.717, 1.165) is 18.2 Å². The van der Waals surface area contributed by atoms with Crippen LogP contribution in [0.25, 0.3) is 0 Å². The third kappa shape index (κ3) is 31.0. The highest BCUT2D eigenvalue weighted by Gasteiger charge is 2.34. The Morgan fingerprint density at radius 3 is 1.06 bits per heavy atom. The number of primary amides is 7. The van der Waals surface area contributed by atoms with E-state index < -0.39 is 101 Å². The largest absolute Gasteiger partial charge is 0.369 e. The monoisotopic (exact) mass is 896 g/mol. The van der Waals surface area contributed by atoms with Crippen molar-refractivity contribution in [3.8, 4) is 0 Å². The maximum absolute atomic E-state index is 12.6. The molecular weight excluding hydrogens is 823 g/mol. The molecule has 22 nitrogen and oxygen atoms in total. The summed E-state index contributed by atoms with van der Waals surface area (Å²) in [6.07, 6.45) is 4.33. The molecule has 0 aromatic carbocycles. The summed E-state index contributed by atoms with van der Waals surface area (Å²) < 4.78 is 0. The van der Waals surface area contributed by atoms with Gasteiger partial charge in [-0.05, 0) is 75.0 Å². The highest BCUT2D eigenvalue weighted by atomic mass is 16.2. The lowest BCUT2D eigenvalue weighted by atomic mass is 9.76. The first kappa shape index (κ1) is 63.0. The van der Waals surface area contributed by atoms with Gasteiger partial charge in [0.2, 0.25) is 65.0 Å². The number of rotatable bonds is 30. The summed E-state index contributed by atoms with van der Waals surface area (Å²) in [5, 5.41) is 9.84. The van der Waals surface area contributed by atoms with Gasteiger partial charge in [-0.25, -0.2) is 0 Å². The topological polar surface area (TPSA) is 418 Å². The van der Waals surface area contributed by atoms with Crippen LogP contribution in [0.3, 0.4) is 0 Å². The average molecular weight is 896 g/mol. The van der Waals surface area contributed by atoms with Gasteiger partial charge in [-0.2, -0.15) is 0 Å². The summed E-state index contributed by atoms with van der Waals surface area (Å²) in [4.78, 5) is 127. The number of carbonyl (C=O) groups is 11. The fourth-order valence-corrected chi connectivity index (χ4v) is 5.88. The van der Waals surface area contributed by atoms with Crippen LogP contribution in [-0.2, 0) is 52.7 Å². The van der Waals surface area contributed by atoms with Crippen molar-refractivity contribution in [1.29, 1.82) is 0 Å². The van der Waals surface area contributed by atoms with Crippen molar-refractivity contribution >= 4 is 65.0 Å². The van der Waals surface area contributed by atoms with Crippen molar-refractivity contribution in [1.82, 2.24) is 21.3 Å². The molecule has 0 spiro atoms. The van der Waals surface area contributed by atoms with Crippen LogP contribution in [0.5, 0.6) is 0 Å². The Balaban J connectivity index is -0.000000858. The molecule has 0 aromatic heterocycles. The Morgan fingerprint density at radius 1 is 0.476 bits per heavy atom. The van der Waals surface area contributed by atoms with E-state index in [9.17, 15) is 52.7 Å². The van der Waals surface area contributed by atoms with Crippen LogP contribution in [0.2, 0.25) is 0 Å². The molecule has 0 heterocycles. The zero-order valence-corrected chi connectivity index (χ0v) is 36.3. The number of nitrogens with two attached hydrogens (primary N) is 7. The van der Waals surface area contributed by atoms with Gasteiger partial charge in [0.05, 0.1) is 13.3 Å². The SMILES string of the molecule is C.C=CC(=O)NCNC(=O)C=C.C=CC(N)=O.CCC(CC(CCC(=O)NCNC(=O)CCC(CC(C)C(N)=O)C(CC(C)C(N)=O)C(N)=O)C(CC(C)C(N)=O)C(N)=O)C(N)=O. The van der Waals surface area contributed by atoms with Crippen LogP contribution in [0.15, 0.2) is 38.0 Å². The lowest BCUT2D eigenvalue weighted by Crippen LogP contribution is -2.39. The summed E-state index contributed by atoms with van der Waals surface area (Å²) >= 11 is 0. The zero-order valence-electron chi connectivity index (χ0n) is 36.3.